The first kappa shape index (κ1) is 13.5. The molecular formula is C9H7F6NO. The molecule has 0 heterocycles. The molecule has 1 rings (SSSR count). The predicted octanol–water partition coefficient (Wildman–Crippen LogP) is 3.23. The molecule has 0 saturated carbocycles. The van der Waals surface area contributed by atoms with Gasteiger partial charge < -0.3 is 10.5 Å². The van der Waals surface area contributed by atoms with E-state index in [4.69, 9.17) is 5.73 Å². The molecule has 0 spiro atoms. The summed E-state index contributed by atoms with van der Waals surface area (Å²) in [5.74, 6) is -0.538. The van der Waals surface area contributed by atoms with Crippen molar-refractivity contribution in [3.63, 3.8) is 0 Å². The number of halogens is 6. The zero-order chi connectivity index (χ0) is 13.3. The zero-order valence-corrected chi connectivity index (χ0v) is 8.19. The Kier molecular flexibility index (Phi) is 3.44. The maximum absolute atomic E-state index is 12.3. The third kappa shape index (κ3) is 4.04. The van der Waals surface area contributed by atoms with Crippen molar-refractivity contribution in [1.29, 1.82) is 0 Å². The Balaban J connectivity index is 2.90. The van der Waals surface area contributed by atoms with E-state index in [1.54, 1.807) is 0 Å². The highest BCUT2D eigenvalue weighted by Gasteiger charge is 2.34. The quantitative estimate of drug-likeness (QED) is 0.653. The first-order valence-electron chi connectivity index (χ1n) is 4.26. The first-order chi connectivity index (χ1) is 7.59. The van der Waals surface area contributed by atoms with E-state index in [2.05, 4.69) is 4.74 Å². The van der Waals surface area contributed by atoms with Crippen LogP contribution in [0.1, 0.15) is 5.56 Å². The number of hydrogen-bond acceptors (Lipinski definition) is 2. The van der Waals surface area contributed by atoms with Crippen LogP contribution < -0.4 is 10.5 Å². The first-order valence-corrected chi connectivity index (χ1v) is 4.26. The molecule has 0 radical (unpaired) electrons. The summed E-state index contributed by atoms with van der Waals surface area (Å²) in [5, 5.41) is 0. The molecule has 8 heteroatoms. The van der Waals surface area contributed by atoms with E-state index in [0.29, 0.717) is 6.07 Å². The molecule has 17 heavy (non-hydrogen) atoms. The lowest BCUT2D eigenvalue weighted by Crippen LogP contribution is -2.19. The molecule has 0 aliphatic carbocycles. The molecule has 0 unspecified atom stereocenters. The minimum atomic E-state index is -4.73. The second-order valence-electron chi connectivity index (χ2n) is 3.15. The van der Waals surface area contributed by atoms with E-state index in [1.807, 2.05) is 0 Å². The zero-order valence-electron chi connectivity index (χ0n) is 8.19. The Morgan fingerprint density at radius 2 is 1.65 bits per heavy atom. The number of rotatable bonds is 2. The van der Waals surface area contributed by atoms with Crippen molar-refractivity contribution in [2.45, 2.75) is 12.4 Å². The van der Waals surface area contributed by atoms with Gasteiger partial charge in [0, 0.05) is 5.69 Å². The van der Waals surface area contributed by atoms with Gasteiger partial charge in [-0.25, -0.2) is 0 Å². The Hall–Kier alpha value is -1.60. The number of anilines is 1. The van der Waals surface area contributed by atoms with E-state index >= 15 is 0 Å². The lowest BCUT2D eigenvalue weighted by Gasteiger charge is -2.13. The predicted molar refractivity (Wildman–Crippen MR) is 47.4 cm³/mol. The van der Waals surface area contributed by atoms with Crippen molar-refractivity contribution in [3.8, 4) is 5.75 Å². The van der Waals surface area contributed by atoms with Gasteiger partial charge in [-0.15, -0.1) is 0 Å². The van der Waals surface area contributed by atoms with Gasteiger partial charge in [-0.05, 0) is 18.2 Å². The molecule has 0 bridgehead atoms. The molecule has 96 valence electrons. The number of nitrogen functional groups attached to an aromatic ring is 1. The highest BCUT2D eigenvalue weighted by molar-refractivity contribution is 5.51. The van der Waals surface area contributed by atoms with Crippen molar-refractivity contribution >= 4 is 5.69 Å². The fourth-order valence-electron chi connectivity index (χ4n) is 1.04. The van der Waals surface area contributed by atoms with Gasteiger partial charge in [-0.1, -0.05) is 0 Å². The Morgan fingerprint density at radius 3 is 2.12 bits per heavy atom. The molecule has 0 saturated heterocycles. The summed E-state index contributed by atoms with van der Waals surface area (Å²) in [5.41, 5.74) is 3.26. The van der Waals surface area contributed by atoms with Crippen LogP contribution in [0.4, 0.5) is 32.0 Å². The van der Waals surface area contributed by atoms with Crippen LogP contribution in [0.3, 0.4) is 0 Å². The normalized spacial score (nSPS) is 12.6. The summed E-state index contributed by atoms with van der Waals surface area (Å²) in [4.78, 5) is 0. The van der Waals surface area contributed by atoms with Crippen molar-refractivity contribution in [1.82, 2.24) is 0 Å². The van der Waals surface area contributed by atoms with Crippen molar-refractivity contribution in [3.05, 3.63) is 23.8 Å². The summed E-state index contributed by atoms with van der Waals surface area (Å²) in [6.45, 7) is -1.66. The fraction of sp³-hybridized carbons (Fsp3) is 0.333. The van der Waals surface area contributed by atoms with Gasteiger partial charge in [0.2, 0.25) is 0 Å². The number of ether oxygens (including phenoxy) is 1. The van der Waals surface area contributed by atoms with E-state index in [0.717, 1.165) is 12.1 Å². The maximum atomic E-state index is 12.3. The SMILES string of the molecule is Nc1ccc(OCC(F)(F)F)cc1C(F)(F)F. The van der Waals surface area contributed by atoms with Gasteiger partial charge in [0.15, 0.2) is 6.61 Å². The van der Waals surface area contributed by atoms with Crippen LogP contribution in [0, 0.1) is 0 Å². The van der Waals surface area contributed by atoms with Crippen molar-refractivity contribution in [2.75, 3.05) is 12.3 Å². The van der Waals surface area contributed by atoms with Crippen molar-refractivity contribution < 1.29 is 31.1 Å². The molecule has 0 atom stereocenters. The minimum Gasteiger partial charge on any atom is -0.484 e. The van der Waals surface area contributed by atoms with E-state index in [9.17, 15) is 26.3 Å². The van der Waals surface area contributed by atoms with E-state index in [-0.39, 0.29) is 0 Å². The molecule has 2 nitrogen and oxygen atoms in total. The Bertz CT molecular complexity index is 397. The molecule has 0 aromatic heterocycles. The highest BCUT2D eigenvalue weighted by atomic mass is 19.4. The van der Waals surface area contributed by atoms with Gasteiger partial charge in [0.1, 0.15) is 5.75 Å². The second kappa shape index (κ2) is 4.34. The van der Waals surface area contributed by atoms with Crippen LogP contribution in [0.2, 0.25) is 0 Å². The monoisotopic (exact) mass is 259 g/mol. The van der Waals surface area contributed by atoms with Gasteiger partial charge in [0.25, 0.3) is 0 Å². The van der Waals surface area contributed by atoms with Crippen LogP contribution in [0.25, 0.3) is 0 Å². The number of nitrogens with two attached hydrogens (primary N) is 1. The maximum Gasteiger partial charge on any atom is 0.422 e. The second-order valence-corrected chi connectivity index (χ2v) is 3.15. The molecule has 0 aliphatic heterocycles. The molecule has 2 N–H and O–H groups in total. The van der Waals surface area contributed by atoms with Gasteiger partial charge >= 0.3 is 12.4 Å². The number of benzene rings is 1. The average molecular weight is 259 g/mol. The third-order valence-corrected chi connectivity index (χ3v) is 1.73. The van der Waals surface area contributed by atoms with Gasteiger partial charge in [-0.3, -0.25) is 0 Å². The standard InChI is InChI=1S/C9H7F6NO/c10-8(11,12)4-17-5-1-2-7(16)6(3-5)9(13,14)15/h1-3H,4,16H2. The van der Waals surface area contributed by atoms with E-state index < -0.39 is 36.0 Å². The lowest BCUT2D eigenvalue weighted by molar-refractivity contribution is -0.153. The smallest absolute Gasteiger partial charge is 0.422 e. The fourth-order valence-corrected chi connectivity index (χ4v) is 1.04. The minimum absolute atomic E-state index is 0.432. The molecular weight excluding hydrogens is 252 g/mol. The van der Waals surface area contributed by atoms with Gasteiger partial charge in [0.05, 0.1) is 5.56 Å². The van der Waals surface area contributed by atoms with Crippen LogP contribution >= 0.6 is 0 Å². The Labute approximate surface area is 92.0 Å². The van der Waals surface area contributed by atoms with Crippen LogP contribution in [-0.4, -0.2) is 12.8 Å². The molecule has 0 amide bonds. The molecule has 1 aromatic rings. The lowest BCUT2D eigenvalue weighted by atomic mass is 10.1. The summed E-state index contributed by atoms with van der Waals surface area (Å²) < 4.78 is 76.6. The van der Waals surface area contributed by atoms with Crippen LogP contribution in [0.5, 0.6) is 5.75 Å². The molecule has 1 aromatic carbocycles. The van der Waals surface area contributed by atoms with Crippen LogP contribution in [-0.2, 0) is 6.18 Å². The van der Waals surface area contributed by atoms with Gasteiger partial charge in [-0.2, -0.15) is 26.3 Å². The largest absolute Gasteiger partial charge is 0.484 e. The molecule has 0 aliphatic rings. The third-order valence-electron chi connectivity index (χ3n) is 1.73. The summed E-state index contributed by atoms with van der Waals surface area (Å²) in [6.07, 6.45) is -9.35. The van der Waals surface area contributed by atoms with Crippen LogP contribution in [0.15, 0.2) is 18.2 Å². The summed E-state index contributed by atoms with van der Waals surface area (Å²) >= 11 is 0. The summed E-state index contributed by atoms with van der Waals surface area (Å²) in [6, 6.07) is 2.21. The van der Waals surface area contributed by atoms with E-state index in [1.165, 1.54) is 0 Å². The van der Waals surface area contributed by atoms with Crippen molar-refractivity contribution in [2.24, 2.45) is 0 Å². The average Bonchev–Trinajstić information content (AvgIpc) is 2.13. The topological polar surface area (TPSA) is 35.2 Å². The highest BCUT2D eigenvalue weighted by Crippen LogP contribution is 2.35. The Morgan fingerprint density at radius 1 is 1.06 bits per heavy atom. The molecule has 0 fully saturated rings. The number of alkyl halides is 6. The summed E-state index contributed by atoms with van der Waals surface area (Å²) in [7, 11) is 0. The number of hydrogen-bond donors (Lipinski definition) is 1.